The molecule has 184 valence electrons. The van der Waals surface area contributed by atoms with Crippen molar-refractivity contribution in [3.8, 4) is 0 Å². The Morgan fingerprint density at radius 1 is 0.941 bits per heavy atom. The number of hydrogen-bond donors (Lipinski definition) is 0. The number of hydrogen-bond acceptors (Lipinski definition) is 5. The Hall–Kier alpha value is -1.80. The van der Waals surface area contributed by atoms with Crippen LogP contribution in [0.5, 0.6) is 0 Å². The summed E-state index contributed by atoms with van der Waals surface area (Å²) in [4.78, 5) is 0. The number of benzene rings is 2. The lowest BCUT2D eigenvalue weighted by molar-refractivity contribution is -0.246. The Bertz CT molecular complexity index is 932. The molecule has 4 rings (SSSR count). The molecule has 34 heavy (non-hydrogen) atoms. The van der Waals surface area contributed by atoms with Gasteiger partial charge >= 0.3 is 0 Å². The van der Waals surface area contributed by atoms with Crippen LogP contribution in [0.25, 0.3) is 0 Å². The van der Waals surface area contributed by atoms with Gasteiger partial charge in [0.15, 0.2) is 12.1 Å². The Kier molecular flexibility index (Phi) is 6.95. The predicted molar refractivity (Wildman–Crippen MR) is 137 cm³/mol. The van der Waals surface area contributed by atoms with Gasteiger partial charge in [-0.3, -0.25) is 0 Å². The second kappa shape index (κ2) is 9.34. The third kappa shape index (κ3) is 4.32. The molecule has 4 atom stereocenters. The molecule has 2 aliphatic heterocycles. The Morgan fingerprint density at radius 3 is 1.97 bits per heavy atom. The van der Waals surface area contributed by atoms with Gasteiger partial charge < -0.3 is 23.4 Å². The number of fused-ring (bicyclic) bond motifs is 1. The lowest BCUT2D eigenvalue weighted by Crippen LogP contribution is -2.68. The molecule has 0 saturated carbocycles. The summed E-state index contributed by atoms with van der Waals surface area (Å²) in [6.07, 6.45) is 1.23. The monoisotopic (exact) mass is 482 g/mol. The molecule has 0 aromatic heterocycles. The topological polar surface area (TPSA) is 46.2 Å². The zero-order valence-electron chi connectivity index (χ0n) is 21.2. The third-order valence-electron chi connectivity index (χ3n) is 6.95. The summed E-state index contributed by atoms with van der Waals surface area (Å²) in [5.41, 5.74) is -0.768. The van der Waals surface area contributed by atoms with Crippen LogP contribution in [0.15, 0.2) is 73.3 Å². The van der Waals surface area contributed by atoms with Gasteiger partial charge in [-0.05, 0) is 35.7 Å². The Labute approximate surface area is 205 Å². The highest BCUT2D eigenvalue weighted by atomic mass is 28.4. The third-order valence-corrected chi connectivity index (χ3v) is 11.9. The molecule has 0 spiro atoms. The first-order valence-corrected chi connectivity index (χ1v) is 13.9. The van der Waals surface area contributed by atoms with Crippen LogP contribution < -0.4 is 10.4 Å². The van der Waals surface area contributed by atoms with E-state index in [2.05, 4.69) is 75.9 Å². The normalized spacial score (nSPS) is 28.6. The molecule has 5 nitrogen and oxygen atoms in total. The molecule has 0 bridgehead atoms. The summed E-state index contributed by atoms with van der Waals surface area (Å²) >= 11 is 0. The maximum absolute atomic E-state index is 7.23. The van der Waals surface area contributed by atoms with Crippen molar-refractivity contribution in [3.05, 3.63) is 73.3 Å². The molecule has 0 aliphatic carbocycles. The minimum atomic E-state index is -2.75. The smallest absolute Gasteiger partial charge is 0.261 e. The predicted octanol–water partition coefficient (Wildman–Crippen LogP) is 4.40. The Balaban J connectivity index is 1.77. The molecule has 0 unspecified atom stereocenters. The standard InChI is InChI=1S/C28H38O5Si/c1-8-19-28(24(29-7)23-25(33-28)32-27(5,6)31-23)20-30-34(26(2,3)4,21-15-11-9-12-16-21)22-17-13-10-14-18-22/h8-18,23-25H,1,19-20H2,2-7H3/t23-,24+,25+,28-/m1/s1. The average molecular weight is 483 g/mol. The SMILES string of the molecule is C=CC[C@]1(CO[Si](c2ccccc2)(c2ccccc2)C(C)(C)C)O[C@@H]2OC(C)(C)O[C@@H]2[C@@H]1OC. The maximum atomic E-state index is 7.23. The van der Waals surface area contributed by atoms with E-state index in [4.69, 9.17) is 23.4 Å². The maximum Gasteiger partial charge on any atom is 0.261 e. The van der Waals surface area contributed by atoms with Crippen LogP contribution in [0, 0.1) is 0 Å². The summed E-state index contributed by atoms with van der Waals surface area (Å²) in [6, 6.07) is 21.2. The largest absolute Gasteiger partial charge is 0.404 e. The summed E-state index contributed by atoms with van der Waals surface area (Å²) in [6.45, 7) is 15.0. The summed E-state index contributed by atoms with van der Waals surface area (Å²) in [5.74, 6) is -0.717. The van der Waals surface area contributed by atoms with E-state index in [-0.39, 0.29) is 17.2 Å². The molecule has 6 heteroatoms. The zero-order chi connectivity index (χ0) is 24.6. The van der Waals surface area contributed by atoms with E-state index in [0.717, 1.165) is 0 Å². The van der Waals surface area contributed by atoms with Gasteiger partial charge in [0.2, 0.25) is 0 Å². The van der Waals surface area contributed by atoms with Gasteiger partial charge in [0.25, 0.3) is 8.32 Å². The molecule has 2 heterocycles. The summed E-state index contributed by atoms with van der Waals surface area (Å²) in [5, 5.41) is 2.31. The zero-order valence-corrected chi connectivity index (χ0v) is 22.2. The fourth-order valence-corrected chi connectivity index (χ4v) is 10.2. The van der Waals surface area contributed by atoms with Crippen LogP contribution in [0.4, 0.5) is 0 Å². The molecule has 2 saturated heterocycles. The highest BCUT2D eigenvalue weighted by Gasteiger charge is 2.63. The number of methoxy groups -OCH3 is 1. The molecule has 2 fully saturated rings. The van der Waals surface area contributed by atoms with Crippen LogP contribution in [0.2, 0.25) is 5.04 Å². The van der Waals surface area contributed by atoms with Gasteiger partial charge in [0.1, 0.15) is 17.8 Å². The number of rotatable bonds is 8. The van der Waals surface area contributed by atoms with E-state index in [1.807, 2.05) is 32.1 Å². The van der Waals surface area contributed by atoms with Crippen molar-refractivity contribution in [3.63, 3.8) is 0 Å². The quantitative estimate of drug-likeness (QED) is 0.412. The highest BCUT2D eigenvalue weighted by Crippen LogP contribution is 2.46. The first-order chi connectivity index (χ1) is 16.1. The highest BCUT2D eigenvalue weighted by molar-refractivity contribution is 6.99. The van der Waals surface area contributed by atoms with Gasteiger partial charge in [0, 0.05) is 7.11 Å². The van der Waals surface area contributed by atoms with Crippen LogP contribution in [-0.4, -0.2) is 51.9 Å². The van der Waals surface area contributed by atoms with E-state index < -0.39 is 26.0 Å². The van der Waals surface area contributed by atoms with Crippen LogP contribution in [0.3, 0.4) is 0 Å². The van der Waals surface area contributed by atoms with Gasteiger partial charge in [0.05, 0.1) is 6.61 Å². The second-order valence-corrected chi connectivity index (χ2v) is 15.1. The van der Waals surface area contributed by atoms with E-state index >= 15 is 0 Å². The van der Waals surface area contributed by atoms with Crippen LogP contribution in [0.1, 0.15) is 41.0 Å². The first-order valence-electron chi connectivity index (χ1n) is 12.0. The van der Waals surface area contributed by atoms with Crippen LogP contribution >= 0.6 is 0 Å². The van der Waals surface area contributed by atoms with Crippen molar-refractivity contribution in [1.29, 1.82) is 0 Å². The summed E-state index contributed by atoms with van der Waals surface area (Å²) in [7, 11) is -1.05. The lowest BCUT2D eigenvalue weighted by atomic mass is 9.92. The molecular formula is C28H38O5Si. The van der Waals surface area contributed by atoms with Gasteiger partial charge in [-0.2, -0.15) is 0 Å². The average Bonchev–Trinajstić information content (AvgIpc) is 3.22. The van der Waals surface area contributed by atoms with Crippen molar-refractivity contribution in [2.24, 2.45) is 0 Å². The molecule has 2 aliphatic rings. The molecule has 2 aromatic carbocycles. The molecule has 2 aromatic rings. The lowest BCUT2D eigenvalue weighted by Gasteiger charge is -2.45. The molecule has 0 radical (unpaired) electrons. The minimum absolute atomic E-state index is 0.142. The minimum Gasteiger partial charge on any atom is -0.404 e. The number of ether oxygens (including phenoxy) is 4. The van der Waals surface area contributed by atoms with E-state index in [1.54, 1.807) is 7.11 Å². The fraction of sp³-hybridized carbons (Fsp3) is 0.500. The van der Waals surface area contributed by atoms with Gasteiger partial charge in [-0.1, -0.05) is 87.5 Å². The van der Waals surface area contributed by atoms with Gasteiger partial charge in [-0.15, -0.1) is 6.58 Å². The van der Waals surface area contributed by atoms with Crippen molar-refractivity contribution in [2.45, 2.75) is 76.0 Å². The first kappa shape index (κ1) is 25.3. The van der Waals surface area contributed by atoms with Crippen LogP contribution in [-0.2, 0) is 23.4 Å². The molecule has 0 amide bonds. The second-order valence-electron chi connectivity index (χ2n) is 10.8. The Morgan fingerprint density at radius 2 is 1.50 bits per heavy atom. The van der Waals surface area contributed by atoms with E-state index in [9.17, 15) is 0 Å². The van der Waals surface area contributed by atoms with E-state index in [0.29, 0.717) is 13.0 Å². The van der Waals surface area contributed by atoms with Crippen molar-refractivity contribution in [1.82, 2.24) is 0 Å². The van der Waals surface area contributed by atoms with Crippen molar-refractivity contribution >= 4 is 18.7 Å². The summed E-state index contributed by atoms with van der Waals surface area (Å²) < 4.78 is 32.1. The van der Waals surface area contributed by atoms with Crippen molar-refractivity contribution < 1.29 is 23.4 Å². The molecule has 0 N–H and O–H groups in total. The van der Waals surface area contributed by atoms with Crippen molar-refractivity contribution in [2.75, 3.05) is 13.7 Å². The fourth-order valence-electron chi connectivity index (χ4n) is 5.58. The van der Waals surface area contributed by atoms with E-state index in [1.165, 1.54) is 10.4 Å². The van der Waals surface area contributed by atoms with Gasteiger partial charge in [-0.25, -0.2) is 0 Å². The molecular weight excluding hydrogens is 444 g/mol.